The second-order valence-electron chi connectivity index (χ2n) is 17.8. The molecular weight excluding hydrogens is 705 g/mol. The quantitative estimate of drug-likeness (QED) is 0.0969. The van der Waals surface area contributed by atoms with Crippen LogP contribution in [0, 0.1) is 10.8 Å². The summed E-state index contributed by atoms with van der Waals surface area (Å²) >= 11 is 0. The molecule has 2 aromatic heterocycles. The highest BCUT2D eigenvalue weighted by molar-refractivity contribution is 5.24. The van der Waals surface area contributed by atoms with Crippen molar-refractivity contribution in [3.8, 4) is 0 Å². The van der Waals surface area contributed by atoms with Crippen LogP contribution in [0.3, 0.4) is 0 Å². The first kappa shape index (κ1) is 45.2. The minimum Gasteiger partial charge on any atom is -0.385 e. The van der Waals surface area contributed by atoms with Crippen LogP contribution >= 0.6 is 0 Å². The highest BCUT2D eigenvalue weighted by Crippen LogP contribution is 2.55. The molecular formula is C44H80N8O4. The Bertz CT molecular complexity index is 1240. The van der Waals surface area contributed by atoms with E-state index in [1.807, 2.05) is 26.5 Å². The van der Waals surface area contributed by atoms with Crippen molar-refractivity contribution in [3.05, 3.63) is 34.9 Å². The van der Waals surface area contributed by atoms with Crippen molar-refractivity contribution in [2.75, 3.05) is 95.0 Å². The molecule has 4 aliphatic carbocycles. The molecule has 4 aliphatic rings. The summed E-state index contributed by atoms with van der Waals surface area (Å²) in [5.41, 5.74) is 6.24. The number of rotatable bonds is 22. The molecule has 56 heavy (non-hydrogen) atoms. The molecule has 0 unspecified atom stereocenters. The Balaban J connectivity index is 0.000000214. The summed E-state index contributed by atoms with van der Waals surface area (Å²) in [5, 5.41) is 22.0. The Kier molecular flexibility index (Phi) is 19.1. The second kappa shape index (κ2) is 23.6. The molecule has 4 N–H and O–H groups in total. The summed E-state index contributed by atoms with van der Waals surface area (Å²) in [6.45, 7) is 9.30. The fourth-order valence-corrected chi connectivity index (χ4v) is 10.8. The summed E-state index contributed by atoms with van der Waals surface area (Å²) in [7, 11) is 11.9. The van der Waals surface area contributed by atoms with E-state index in [2.05, 4.69) is 54.9 Å². The van der Waals surface area contributed by atoms with Gasteiger partial charge in [-0.2, -0.15) is 10.2 Å². The standard InChI is InChI=1S/2C22H40N4O2/c2*1-23-11-12-26(2)17-19-16-24-25-21(19)18-7-8-20(28-14-6-13-27-3)22(15-18)9-4-5-10-22/h2*16,18,20,23H,4-15,17H2,1-3H3,(H,24,25)/t18-,20+;18-,20-/m11/s1. The lowest BCUT2D eigenvalue weighted by Gasteiger charge is -2.44. The number of hydrogen-bond acceptors (Lipinski definition) is 10. The molecule has 12 nitrogen and oxygen atoms in total. The molecule has 6 rings (SSSR count). The van der Waals surface area contributed by atoms with E-state index in [9.17, 15) is 0 Å². The molecule has 0 saturated heterocycles. The number of aromatic nitrogens is 4. The van der Waals surface area contributed by atoms with Crippen LogP contribution in [0.2, 0.25) is 0 Å². The Morgan fingerprint density at radius 1 is 0.643 bits per heavy atom. The lowest BCUT2D eigenvalue weighted by Crippen LogP contribution is -2.41. The van der Waals surface area contributed by atoms with Gasteiger partial charge >= 0.3 is 0 Å². The number of nitrogens with one attached hydrogen (secondary N) is 4. The molecule has 0 bridgehead atoms. The molecule has 0 radical (unpaired) electrons. The maximum absolute atomic E-state index is 6.41. The number of ether oxygens (including phenoxy) is 4. The minimum absolute atomic E-state index is 0.371. The van der Waals surface area contributed by atoms with Crippen molar-refractivity contribution in [3.63, 3.8) is 0 Å². The van der Waals surface area contributed by atoms with Crippen molar-refractivity contribution in [1.82, 2.24) is 40.8 Å². The maximum atomic E-state index is 6.41. The largest absolute Gasteiger partial charge is 0.385 e. The maximum Gasteiger partial charge on any atom is 0.0631 e. The van der Waals surface area contributed by atoms with Gasteiger partial charge in [0.15, 0.2) is 0 Å². The van der Waals surface area contributed by atoms with Crippen LogP contribution in [0.25, 0.3) is 0 Å². The first-order chi connectivity index (χ1) is 27.4. The van der Waals surface area contributed by atoms with Crippen LogP contribution in [0.5, 0.6) is 0 Å². The Morgan fingerprint density at radius 3 is 1.43 bits per heavy atom. The Labute approximate surface area is 339 Å². The van der Waals surface area contributed by atoms with Gasteiger partial charge in [0.25, 0.3) is 0 Å². The van der Waals surface area contributed by atoms with Crippen molar-refractivity contribution in [2.45, 2.75) is 140 Å². The third-order valence-electron chi connectivity index (χ3n) is 13.7. The fraction of sp³-hybridized carbons (Fsp3) is 0.864. The van der Waals surface area contributed by atoms with Crippen LogP contribution in [-0.4, -0.2) is 137 Å². The lowest BCUT2D eigenvalue weighted by atomic mass is 9.65. The molecule has 0 amide bonds. The van der Waals surface area contributed by atoms with Gasteiger partial charge in [0, 0.05) is 114 Å². The molecule has 0 aromatic carbocycles. The van der Waals surface area contributed by atoms with Gasteiger partial charge in [-0.25, -0.2) is 0 Å². The molecule has 2 heterocycles. The van der Waals surface area contributed by atoms with Crippen molar-refractivity contribution in [1.29, 1.82) is 0 Å². The average Bonchev–Trinajstić information content (AvgIpc) is 4.05. The van der Waals surface area contributed by atoms with E-state index in [1.165, 1.54) is 112 Å². The van der Waals surface area contributed by atoms with Crippen LogP contribution in [0.4, 0.5) is 0 Å². The van der Waals surface area contributed by atoms with Crippen LogP contribution < -0.4 is 10.6 Å². The smallest absolute Gasteiger partial charge is 0.0631 e. The van der Waals surface area contributed by atoms with E-state index in [1.54, 1.807) is 14.2 Å². The summed E-state index contributed by atoms with van der Waals surface area (Å²) in [4.78, 5) is 4.75. The Morgan fingerprint density at radius 2 is 1.05 bits per heavy atom. The molecule has 2 spiro atoms. The molecule has 320 valence electrons. The normalized spacial score (nSPS) is 24.4. The van der Waals surface area contributed by atoms with Gasteiger partial charge in [-0.05, 0) is 116 Å². The second-order valence-corrected chi connectivity index (χ2v) is 17.8. The summed E-state index contributed by atoms with van der Waals surface area (Å²) in [5.74, 6) is 1.18. The zero-order valence-corrected chi connectivity index (χ0v) is 36.3. The van der Waals surface area contributed by atoms with Gasteiger partial charge in [0.2, 0.25) is 0 Å². The highest BCUT2D eigenvalue weighted by Gasteiger charge is 2.48. The van der Waals surface area contributed by atoms with E-state index >= 15 is 0 Å². The third kappa shape index (κ3) is 12.6. The first-order valence-corrected chi connectivity index (χ1v) is 22.3. The summed E-state index contributed by atoms with van der Waals surface area (Å²) in [6, 6.07) is 0. The van der Waals surface area contributed by atoms with Crippen LogP contribution in [-0.2, 0) is 32.0 Å². The average molecular weight is 785 g/mol. The molecule has 2 aromatic rings. The number of methoxy groups -OCH3 is 2. The molecule has 0 aliphatic heterocycles. The SMILES string of the molecule is CNCCN(C)Cc1cn[nH]c1[C@@H]1CC[C@@H](OCCCOC)C2(CCCC2)C1.CNCCN(C)Cc1cn[nH]c1[C@@H]1CC[C@H](OCCCOC)C2(CCCC2)C1. The van der Waals surface area contributed by atoms with Gasteiger partial charge in [-0.3, -0.25) is 10.2 Å². The van der Waals surface area contributed by atoms with Gasteiger partial charge in [-0.1, -0.05) is 25.7 Å². The van der Waals surface area contributed by atoms with E-state index < -0.39 is 0 Å². The monoisotopic (exact) mass is 785 g/mol. The van der Waals surface area contributed by atoms with Crippen molar-refractivity contribution in [2.24, 2.45) is 10.8 Å². The van der Waals surface area contributed by atoms with Gasteiger partial charge in [0.05, 0.1) is 24.6 Å². The minimum atomic E-state index is 0.371. The van der Waals surface area contributed by atoms with E-state index in [0.717, 1.165) is 78.5 Å². The predicted molar refractivity (Wildman–Crippen MR) is 225 cm³/mol. The molecule has 4 atom stereocenters. The molecule has 12 heteroatoms. The highest BCUT2D eigenvalue weighted by atomic mass is 16.5. The van der Waals surface area contributed by atoms with Crippen molar-refractivity contribution >= 4 is 0 Å². The Hall–Kier alpha value is -1.90. The number of hydrogen-bond donors (Lipinski definition) is 4. The zero-order chi connectivity index (χ0) is 39.6. The third-order valence-corrected chi connectivity index (χ3v) is 13.7. The number of aromatic amines is 2. The zero-order valence-electron chi connectivity index (χ0n) is 36.3. The van der Waals surface area contributed by atoms with Gasteiger partial charge in [-0.15, -0.1) is 0 Å². The van der Waals surface area contributed by atoms with Gasteiger partial charge in [0.1, 0.15) is 0 Å². The van der Waals surface area contributed by atoms with Crippen LogP contribution in [0.1, 0.15) is 137 Å². The summed E-state index contributed by atoms with van der Waals surface area (Å²) in [6.07, 6.45) is 24.9. The van der Waals surface area contributed by atoms with Crippen LogP contribution in [0.15, 0.2) is 12.4 Å². The van der Waals surface area contributed by atoms with Crippen molar-refractivity contribution < 1.29 is 18.9 Å². The van der Waals surface area contributed by atoms with E-state index in [-0.39, 0.29) is 0 Å². The number of H-pyrrole nitrogens is 2. The summed E-state index contributed by atoms with van der Waals surface area (Å²) < 4.78 is 23.2. The van der Waals surface area contributed by atoms with Gasteiger partial charge < -0.3 is 39.4 Å². The van der Waals surface area contributed by atoms with E-state index in [4.69, 9.17) is 18.9 Å². The predicted octanol–water partition coefficient (Wildman–Crippen LogP) is 6.62. The fourth-order valence-electron chi connectivity index (χ4n) is 10.8. The van der Waals surface area contributed by atoms with E-state index in [0.29, 0.717) is 34.9 Å². The number of nitrogens with zero attached hydrogens (tertiary/aromatic N) is 4. The topological polar surface area (TPSA) is 125 Å². The lowest BCUT2D eigenvalue weighted by molar-refractivity contribution is -0.0737. The first-order valence-electron chi connectivity index (χ1n) is 22.3. The number of likely N-dealkylation sites (N-methyl/N-ethyl adjacent to an activating group) is 4. The molecule has 4 fully saturated rings. The molecule has 4 saturated carbocycles.